The molecule has 5 unspecified atom stereocenters. The third kappa shape index (κ3) is 7.04. The van der Waals surface area contributed by atoms with Crippen LogP contribution in [0.3, 0.4) is 0 Å². The van der Waals surface area contributed by atoms with Crippen molar-refractivity contribution >= 4 is 21.8 Å². The SMILES string of the molecule is C=C1NC(=O)C=CN1[C@@H]1O[C@H](C2CC2P(C)(=O)OCC)C(OP(OCCC#N)N(C(C)C)C(C)C)[C@@H]1OC. The molecular formula is C25H42N4O7P2. The molecule has 1 saturated carbocycles. The number of carbonyl (C=O) groups is 1. The second kappa shape index (κ2) is 13.3. The minimum Gasteiger partial charge on any atom is -0.374 e. The first-order chi connectivity index (χ1) is 18.0. The summed E-state index contributed by atoms with van der Waals surface area (Å²) in [6, 6.07) is 2.35. The summed E-state index contributed by atoms with van der Waals surface area (Å²) in [6.45, 7) is 16.4. The van der Waals surface area contributed by atoms with Gasteiger partial charge >= 0.3 is 0 Å². The third-order valence-electron chi connectivity index (χ3n) is 6.83. The van der Waals surface area contributed by atoms with Crippen molar-refractivity contribution in [2.75, 3.05) is 27.0 Å². The Morgan fingerprint density at radius 3 is 2.58 bits per heavy atom. The molecule has 2 fully saturated rings. The van der Waals surface area contributed by atoms with Crippen molar-refractivity contribution in [3.8, 4) is 6.07 Å². The highest BCUT2D eigenvalue weighted by molar-refractivity contribution is 7.59. The van der Waals surface area contributed by atoms with Gasteiger partial charge in [-0.15, -0.1) is 0 Å². The number of nitriles is 1. The first-order valence-electron chi connectivity index (χ1n) is 13.1. The van der Waals surface area contributed by atoms with Crippen molar-refractivity contribution in [2.24, 2.45) is 5.92 Å². The Labute approximate surface area is 227 Å². The average molecular weight is 573 g/mol. The van der Waals surface area contributed by atoms with E-state index >= 15 is 0 Å². The predicted molar refractivity (Wildman–Crippen MR) is 145 cm³/mol. The molecule has 38 heavy (non-hydrogen) atoms. The number of carbonyl (C=O) groups excluding carboxylic acids is 1. The van der Waals surface area contributed by atoms with Gasteiger partial charge in [0.1, 0.15) is 18.0 Å². The number of rotatable bonds is 14. The second-order valence-corrected chi connectivity index (χ2v) is 14.4. The third-order valence-corrected chi connectivity index (χ3v) is 11.5. The molecule has 8 atom stereocenters. The van der Waals surface area contributed by atoms with Gasteiger partial charge in [0.05, 0.1) is 31.8 Å². The van der Waals surface area contributed by atoms with Crippen molar-refractivity contribution in [3.63, 3.8) is 0 Å². The lowest BCUT2D eigenvalue weighted by atomic mass is 10.1. The molecule has 3 rings (SSSR count). The van der Waals surface area contributed by atoms with Gasteiger partial charge in [-0.05, 0) is 41.0 Å². The highest BCUT2D eigenvalue weighted by Gasteiger charge is 2.61. The summed E-state index contributed by atoms with van der Waals surface area (Å²) in [7, 11) is -2.85. The molecule has 0 spiro atoms. The molecule has 11 nitrogen and oxygen atoms in total. The Morgan fingerprint density at radius 1 is 1.34 bits per heavy atom. The zero-order chi connectivity index (χ0) is 28.2. The number of amides is 1. The van der Waals surface area contributed by atoms with Gasteiger partial charge in [0.2, 0.25) is 7.37 Å². The number of ether oxygens (including phenoxy) is 2. The lowest BCUT2D eigenvalue weighted by Crippen LogP contribution is -2.47. The van der Waals surface area contributed by atoms with E-state index in [9.17, 15) is 9.36 Å². The van der Waals surface area contributed by atoms with Gasteiger partial charge in [0.15, 0.2) is 6.23 Å². The fraction of sp³-hybridized carbons (Fsp3) is 0.760. The Balaban J connectivity index is 1.95. The summed E-state index contributed by atoms with van der Waals surface area (Å²) < 4.78 is 46.6. The molecule has 1 aliphatic carbocycles. The van der Waals surface area contributed by atoms with Gasteiger partial charge in [-0.3, -0.25) is 9.36 Å². The number of methoxy groups -OCH3 is 1. The van der Waals surface area contributed by atoms with Crippen LogP contribution in [0.15, 0.2) is 24.7 Å². The van der Waals surface area contributed by atoms with Crippen LogP contribution in [0.25, 0.3) is 0 Å². The van der Waals surface area contributed by atoms with Crippen LogP contribution in [-0.4, -0.2) is 84.7 Å². The van der Waals surface area contributed by atoms with Crippen LogP contribution in [-0.2, 0) is 32.4 Å². The van der Waals surface area contributed by atoms with Crippen LogP contribution >= 0.6 is 15.9 Å². The van der Waals surface area contributed by atoms with E-state index < -0.39 is 40.4 Å². The van der Waals surface area contributed by atoms with Crippen molar-refractivity contribution in [2.45, 2.75) is 89.7 Å². The molecule has 0 radical (unpaired) electrons. The molecule has 3 aliphatic rings. The lowest BCUT2D eigenvalue weighted by Gasteiger charge is -2.38. The van der Waals surface area contributed by atoms with Gasteiger partial charge in [0, 0.05) is 49.7 Å². The van der Waals surface area contributed by atoms with E-state index in [0.717, 1.165) is 0 Å². The van der Waals surface area contributed by atoms with E-state index in [0.29, 0.717) is 18.8 Å². The van der Waals surface area contributed by atoms with E-state index in [2.05, 4.69) is 50.3 Å². The van der Waals surface area contributed by atoms with Gasteiger partial charge in [-0.2, -0.15) is 5.26 Å². The average Bonchev–Trinajstić information content (AvgIpc) is 3.56. The van der Waals surface area contributed by atoms with Gasteiger partial charge < -0.3 is 33.3 Å². The first-order valence-corrected chi connectivity index (χ1v) is 16.3. The van der Waals surface area contributed by atoms with E-state index in [-0.39, 0.29) is 42.6 Å². The van der Waals surface area contributed by atoms with E-state index in [4.69, 9.17) is 28.3 Å². The topological polar surface area (TPSA) is 123 Å². The largest absolute Gasteiger partial charge is 0.374 e. The molecule has 0 aromatic rings. The fourth-order valence-electron chi connectivity index (χ4n) is 5.17. The summed E-state index contributed by atoms with van der Waals surface area (Å²) in [6.07, 6.45) is 1.68. The van der Waals surface area contributed by atoms with E-state index in [1.807, 2.05) is 6.92 Å². The van der Waals surface area contributed by atoms with Gasteiger partial charge in [-0.25, -0.2) is 4.67 Å². The Morgan fingerprint density at radius 2 is 2.03 bits per heavy atom. The first kappa shape index (κ1) is 31.2. The normalized spacial score (nSPS) is 31.6. The summed E-state index contributed by atoms with van der Waals surface area (Å²) in [5, 5.41) is 11.8. The van der Waals surface area contributed by atoms with Crippen LogP contribution in [0, 0.1) is 17.2 Å². The molecule has 13 heteroatoms. The molecule has 1 saturated heterocycles. The number of nitrogens with one attached hydrogen (secondary N) is 1. The second-order valence-electron chi connectivity index (χ2n) is 10.3. The zero-order valence-corrected chi connectivity index (χ0v) is 25.2. The van der Waals surface area contributed by atoms with Gasteiger partial charge in [-0.1, -0.05) is 6.58 Å². The van der Waals surface area contributed by atoms with Crippen LogP contribution in [0.2, 0.25) is 0 Å². The molecular weight excluding hydrogens is 530 g/mol. The highest BCUT2D eigenvalue weighted by Crippen LogP contribution is 2.65. The summed E-state index contributed by atoms with van der Waals surface area (Å²) in [4.78, 5) is 13.6. The van der Waals surface area contributed by atoms with Crippen molar-refractivity contribution in [1.82, 2.24) is 14.9 Å². The number of nitrogens with zero attached hydrogens (tertiary/aromatic N) is 3. The maximum atomic E-state index is 13.3. The maximum absolute atomic E-state index is 13.3. The fourth-order valence-corrected chi connectivity index (χ4v) is 9.12. The molecule has 0 bridgehead atoms. The minimum absolute atomic E-state index is 0.0656. The monoisotopic (exact) mass is 572 g/mol. The molecule has 214 valence electrons. The molecule has 2 aliphatic heterocycles. The highest BCUT2D eigenvalue weighted by atomic mass is 31.2. The molecule has 0 aromatic heterocycles. The number of hydrogen-bond acceptors (Lipinski definition) is 10. The molecule has 0 aromatic carbocycles. The van der Waals surface area contributed by atoms with Crippen molar-refractivity contribution in [1.29, 1.82) is 5.26 Å². The summed E-state index contributed by atoms with van der Waals surface area (Å²) in [5.74, 6) is 0.0295. The Kier molecular flexibility index (Phi) is 11.0. The lowest BCUT2D eigenvalue weighted by molar-refractivity contribution is -0.118. The Bertz CT molecular complexity index is 964. The van der Waals surface area contributed by atoms with Crippen LogP contribution in [0.1, 0.15) is 47.5 Å². The molecule has 1 N–H and O–H groups in total. The van der Waals surface area contributed by atoms with Crippen LogP contribution in [0.4, 0.5) is 0 Å². The standard InChI is InChI=1S/C25H42N4O7P2/c1-9-34-38(8,31)20-15-19(20)22-23(36-37(33-14-10-12-26)29(16(2)3)17(4)5)24(32-7)25(35-22)28-13-11-21(30)27-18(28)6/h11,13,16-17,19-20,22-25H,6,9-10,14-15H2,1-5,7-8H3,(H,27,30)/t19?,20?,22-,23?,24+,25-,37?,38?/m1/s1. The zero-order valence-electron chi connectivity index (χ0n) is 23.4. The van der Waals surface area contributed by atoms with Crippen LogP contribution < -0.4 is 5.32 Å². The smallest absolute Gasteiger partial charge is 0.259 e. The van der Waals surface area contributed by atoms with E-state index in [1.165, 1.54) is 6.08 Å². The Hall–Kier alpha value is -1.34. The summed E-state index contributed by atoms with van der Waals surface area (Å²) in [5.41, 5.74) is -0.147. The maximum Gasteiger partial charge on any atom is 0.259 e. The van der Waals surface area contributed by atoms with E-state index in [1.54, 1.807) is 24.9 Å². The number of hydrogen-bond donors (Lipinski definition) is 1. The minimum atomic E-state index is -2.85. The van der Waals surface area contributed by atoms with Crippen molar-refractivity contribution in [3.05, 3.63) is 24.7 Å². The van der Waals surface area contributed by atoms with Crippen molar-refractivity contribution < 1.29 is 32.4 Å². The van der Waals surface area contributed by atoms with Crippen LogP contribution in [0.5, 0.6) is 0 Å². The summed E-state index contributed by atoms with van der Waals surface area (Å²) >= 11 is 0. The quantitative estimate of drug-likeness (QED) is 0.240. The molecule has 1 amide bonds. The molecule has 2 heterocycles. The predicted octanol–water partition coefficient (Wildman–Crippen LogP) is 4.14. The van der Waals surface area contributed by atoms with Gasteiger partial charge in [0.25, 0.3) is 14.4 Å².